The molecule has 0 atom stereocenters. The lowest BCUT2D eigenvalue weighted by atomic mass is 9.98. The van der Waals surface area contributed by atoms with E-state index in [1.807, 2.05) is 36.4 Å². The lowest BCUT2D eigenvalue weighted by molar-refractivity contribution is -0.0446. The van der Waals surface area contributed by atoms with Gasteiger partial charge in [-0.2, -0.15) is 21.6 Å². The van der Waals surface area contributed by atoms with Crippen LogP contribution in [0.3, 0.4) is 0 Å². The number of carbonyl (C=O) groups excluding carboxylic acids is 1. The zero-order chi connectivity index (χ0) is 26.6. The number of carbonyl (C=O) groups is 1. The van der Waals surface area contributed by atoms with Gasteiger partial charge in [0.2, 0.25) is 0 Å². The van der Waals surface area contributed by atoms with Gasteiger partial charge < -0.3 is 4.57 Å². The van der Waals surface area contributed by atoms with E-state index in [-0.39, 0.29) is 5.56 Å². The Morgan fingerprint density at radius 2 is 1.62 bits per heavy atom. The van der Waals surface area contributed by atoms with Gasteiger partial charge in [-0.3, -0.25) is 4.79 Å². The lowest BCUT2D eigenvalue weighted by Gasteiger charge is -2.13. The lowest BCUT2D eigenvalue weighted by Crippen LogP contribution is -2.40. The molecule has 1 aromatic heterocycles. The van der Waals surface area contributed by atoms with Gasteiger partial charge in [0.25, 0.3) is 5.91 Å². The van der Waals surface area contributed by atoms with Gasteiger partial charge in [0.05, 0.1) is 11.0 Å². The number of nitrogens with zero attached hydrogens (tertiary/aromatic N) is 2. The van der Waals surface area contributed by atoms with E-state index in [2.05, 4.69) is 11.5 Å². The van der Waals surface area contributed by atoms with Crippen molar-refractivity contribution in [3.05, 3.63) is 89.7 Å². The summed E-state index contributed by atoms with van der Waals surface area (Å²) in [6, 6.07) is 21.1. The SMILES string of the molecule is CCCCCc1nc2ccccc2n1Cc1ccc(-c2ccccc2C(=O)NS(=O)(=O)C(F)(F)F)cc1. The number of sulfonamides is 1. The summed E-state index contributed by atoms with van der Waals surface area (Å²) in [6.45, 7) is 2.73. The van der Waals surface area contributed by atoms with Crippen molar-refractivity contribution < 1.29 is 26.4 Å². The molecule has 10 heteroatoms. The standard InChI is InChI=1S/C27H26F3N3O3S/c1-2-3-4-13-25-31-23-11-7-8-12-24(23)33(25)18-19-14-16-20(17-15-19)21-9-5-6-10-22(21)26(34)32-37(35,36)27(28,29)30/h5-12,14-17H,2-4,13,18H2,1H3,(H,32,34). The molecule has 0 aliphatic heterocycles. The second-order valence-corrected chi connectivity index (χ2v) is 10.4. The fourth-order valence-corrected chi connectivity index (χ4v) is 4.64. The first kappa shape index (κ1) is 26.4. The number of unbranched alkanes of at least 4 members (excludes halogenated alkanes) is 2. The maximum atomic E-state index is 12.7. The minimum Gasteiger partial charge on any atom is -0.323 e. The average molecular weight is 530 g/mol. The van der Waals surface area contributed by atoms with Crippen molar-refractivity contribution in [2.24, 2.45) is 0 Å². The molecule has 0 saturated carbocycles. The van der Waals surface area contributed by atoms with Gasteiger partial charge in [-0.05, 0) is 41.3 Å². The van der Waals surface area contributed by atoms with E-state index in [9.17, 15) is 26.4 Å². The number of imidazole rings is 1. The van der Waals surface area contributed by atoms with Crippen LogP contribution in [0.5, 0.6) is 0 Å². The summed E-state index contributed by atoms with van der Waals surface area (Å²) in [4.78, 5) is 17.3. The van der Waals surface area contributed by atoms with Crippen molar-refractivity contribution >= 4 is 27.0 Å². The van der Waals surface area contributed by atoms with Crippen LogP contribution >= 0.6 is 0 Å². The van der Waals surface area contributed by atoms with Crippen molar-refractivity contribution in [1.82, 2.24) is 14.3 Å². The molecule has 3 aromatic carbocycles. The number of aromatic nitrogens is 2. The Kier molecular flexibility index (Phi) is 7.68. The normalized spacial score (nSPS) is 12.1. The molecule has 1 heterocycles. The quantitative estimate of drug-likeness (QED) is 0.267. The molecule has 4 aromatic rings. The minimum atomic E-state index is -5.82. The van der Waals surface area contributed by atoms with E-state index < -0.39 is 21.4 Å². The molecule has 0 spiro atoms. The van der Waals surface area contributed by atoms with Crippen molar-refractivity contribution in [2.75, 3.05) is 0 Å². The van der Waals surface area contributed by atoms with Crippen LogP contribution < -0.4 is 4.72 Å². The molecule has 0 aliphatic rings. The van der Waals surface area contributed by atoms with E-state index in [1.54, 1.807) is 24.3 Å². The average Bonchev–Trinajstić information content (AvgIpc) is 3.21. The number of benzene rings is 3. The third kappa shape index (κ3) is 5.85. The number of hydrogen-bond donors (Lipinski definition) is 1. The van der Waals surface area contributed by atoms with Gasteiger partial charge in [0, 0.05) is 18.5 Å². The third-order valence-corrected chi connectivity index (χ3v) is 7.11. The Labute approximate surface area is 213 Å². The Morgan fingerprint density at radius 1 is 0.946 bits per heavy atom. The first-order chi connectivity index (χ1) is 17.6. The number of nitrogens with one attached hydrogen (secondary N) is 1. The van der Waals surface area contributed by atoms with E-state index in [4.69, 9.17) is 4.98 Å². The summed E-state index contributed by atoms with van der Waals surface area (Å²) in [6.07, 6.45) is 4.14. The number of rotatable bonds is 9. The highest BCUT2D eigenvalue weighted by atomic mass is 32.2. The second kappa shape index (κ2) is 10.8. The molecule has 1 amide bonds. The van der Waals surface area contributed by atoms with Crippen molar-refractivity contribution in [3.63, 3.8) is 0 Å². The molecular formula is C27H26F3N3O3S. The van der Waals surface area contributed by atoms with Crippen molar-refractivity contribution in [1.29, 1.82) is 0 Å². The Balaban J connectivity index is 1.60. The molecule has 4 rings (SSSR count). The minimum absolute atomic E-state index is 0.179. The highest BCUT2D eigenvalue weighted by Gasteiger charge is 2.47. The number of alkyl halides is 3. The van der Waals surface area contributed by atoms with Gasteiger partial charge in [-0.1, -0.05) is 74.4 Å². The fraction of sp³-hybridized carbons (Fsp3) is 0.259. The van der Waals surface area contributed by atoms with Gasteiger partial charge >= 0.3 is 15.5 Å². The third-order valence-electron chi connectivity index (χ3n) is 6.05. The molecule has 0 bridgehead atoms. The molecule has 0 radical (unpaired) electrons. The second-order valence-electron chi connectivity index (χ2n) is 8.68. The first-order valence-corrected chi connectivity index (χ1v) is 13.3. The van der Waals surface area contributed by atoms with Crippen LogP contribution in [0.15, 0.2) is 72.8 Å². The molecule has 1 N–H and O–H groups in total. The number of amides is 1. The summed E-state index contributed by atoms with van der Waals surface area (Å²) in [5, 5.41) is 0. The molecular weight excluding hydrogens is 503 g/mol. The summed E-state index contributed by atoms with van der Waals surface area (Å²) >= 11 is 0. The molecule has 6 nitrogen and oxygen atoms in total. The maximum absolute atomic E-state index is 12.7. The highest BCUT2D eigenvalue weighted by Crippen LogP contribution is 2.27. The number of aryl methyl sites for hydroxylation is 1. The summed E-state index contributed by atoms with van der Waals surface area (Å²) < 4.78 is 64.3. The summed E-state index contributed by atoms with van der Waals surface area (Å²) in [7, 11) is -5.82. The van der Waals surface area contributed by atoms with Crippen LogP contribution in [0.25, 0.3) is 22.2 Å². The predicted molar refractivity (Wildman–Crippen MR) is 136 cm³/mol. The Morgan fingerprint density at radius 3 is 2.32 bits per heavy atom. The number of halogens is 3. The van der Waals surface area contributed by atoms with E-state index in [1.165, 1.54) is 12.1 Å². The smallest absolute Gasteiger partial charge is 0.323 e. The molecule has 0 aliphatic carbocycles. The van der Waals surface area contributed by atoms with Gasteiger partial charge in [0.1, 0.15) is 5.82 Å². The van der Waals surface area contributed by atoms with Crippen LogP contribution in [-0.2, 0) is 23.0 Å². The molecule has 37 heavy (non-hydrogen) atoms. The zero-order valence-corrected chi connectivity index (χ0v) is 20.9. The zero-order valence-electron chi connectivity index (χ0n) is 20.1. The van der Waals surface area contributed by atoms with Gasteiger partial charge in [-0.15, -0.1) is 0 Å². The number of para-hydroxylation sites is 2. The predicted octanol–water partition coefficient (Wildman–Crippen LogP) is 6.06. The van der Waals surface area contributed by atoms with Crippen LogP contribution in [-0.4, -0.2) is 29.4 Å². The van der Waals surface area contributed by atoms with Crippen LogP contribution in [0, 0.1) is 0 Å². The number of fused-ring (bicyclic) bond motifs is 1. The van der Waals surface area contributed by atoms with Gasteiger partial charge in [-0.25, -0.2) is 9.71 Å². The first-order valence-electron chi connectivity index (χ1n) is 11.9. The summed E-state index contributed by atoms with van der Waals surface area (Å²) in [5.74, 6) is -0.342. The van der Waals surface area contributed by atoms with Crippen LogP contribution in [0.2, 0.25) is 0 Å². The fourth-order valence-electron chi connectivity index (χ4n) is 4.17. The molecule has 194 valence electrons. The van der Waals surface area contributed by atoms with Crippen LogP contribution in [0.4, 0.5) is 13.2 Å². The van der Waals surface area contributed by atoms with E-state index in [0.29, 0.717) is 17.7 Å². The topological polar surface area (TPSA) is 81.1 Å². The van der Waals surface area contributed by atoms with Crippen molar-refractivity contribution in [3.8, 4) is 11.1 Å². The van der Waals surface area contributed by atoms with E-state index >= 15 is 0 Å². The largest absolute Gasteiger partial charge is 0.516 e. The van der Waals surface area contributed by atoms with E-state index in [0.717, 1.165) is 52.8 Å². The number of hydrogen-bond acceptors (Lipinski definition) is 4. The van der Waals surface area contributed by atoms with Crippen LogP contribution in [0.1, 0.15) is 47.9 Å². The molecule has 0 unspecified atom stereocenters. The molecule has 0 saturated heterocycles. The van der Waals surface area contributed by atoms with Crippen molar-refractivity contribution in [2.45, 2.75) is 44.7 Å². The Bertz CT molecular complexity index is 1510. The Hall–Kier alpha value is -3.66. The maximum Gasteiger partial charge on any atom is 0.516 e. The monoisotopic (exact) mass is 529 g/mol. The molecule has 0 fully saturated rings. The highest BCUT2D eigenvalue weighted by molar-refractivity contribution is 7.90. The summed E-state index contributed by atoms with van der Waals surface area (Å²) in [5.41, 5.74) is -1.95. The van der Waals surface area contributed by atoms with Gasteiger partial charge in [0.15, 0.2) is 0 Å².